The van der Waals surface area contributed by atoms with Crippen LogP contribution in [0.5, 0.6) is 0 Å². The summed E-state index contributed by atoms with van der Waals surface area (Å²) in [6.07, 6.45) is 0. The number of hydrogen-bond acceptors (Lipinski definition) is 7. The maximum atomic E-state index is 13.6. The Bertz CT molecular complexity index is 1160. The zero-order valence-corrected chi connectivity index (χ0v) is 17.8. The molecular formula is C23H23N5O3. The normalized spacial score (nSPS) is 15.8. The molecule has 0 bridgehead atoms. The number of nitrogens with one attached hydrogen (secondary N) is 1. The highest BCUT2D eigenvalue weighted by atomic mass is 16.5. The Hall–Kier alpha value is -3.81. The molecule has 1 N–H and O–H groups in total. The lowest BCUT2D eigenvalue weighted by Gasteiger charge is -2.28. The van der Waals surface area contributed by atoms with Gasteiger partial charge in [0.1, 0.15) is 11.7 Å². The molecule has 8 nitrogen and oxygen atoms in total. The third kappa shape index (κ3) is 3.72. The van der Waals surface area contributed by atoms with E-state index in [0.717, 1.165) is 11.1 Å². The van der Waals surface area contributed by atoms with Crippen LogP contribution in [0.3, 0.4) is 0 Å². The number of allylic oxidation sites excluding steroid dienone is 1. The van der Waals surface area contributed by atoms with Crippen LogP contribution in [0.2, 0.25) is 0 Å². The van der Waals surface area contributed by atoms with Crippen molar-refractivity contribution < 1.29 is 14.3 Å². The van der Waals surface area contributed by atoms with Crippen LogP contribution in [-0.4, -0.2) is 39.1 Å². The average molecular weight is 417 g/mol. The summed E-state index contributed by atoms with van der Waals surface area (Å²) >= 11 is 0. The first-order valence-corrected chi connectivity index (χ1v) is 9.89. The molecule has 1 unspecified atom stereocenters. The number of anilines is 1. The molecule has 0 fully saturated rings. The van der Waals surface area contributed by atoms with Gasteiger partial charge in [0.15, 0.2) is 5.78 Å². The van der Waals surface area contributed by atoms with E-state index in [-0.39, 0.29) is 28.4 Å². The number of aromatic nitrogens is 4. The van der Waals surface area contributed by atoms with Crippen molar-refractivity contribution in [2.75, 3.05) is 12.4 Å². The van der Waals surface area contributed by atoms with Gasteiger partial charge in [-0.2, -0.15) is 4.68 Å². The van der Waals surface area contributed by atoms with E-state index in [4.69, 9.17) is 4.74 Å². The van der Waals surface area contributed by atoms with E-state index < -0.39 is 12.0 Å². The minimum atomic E-state index is -0.693. The second kappa shape index (κ2) is 7.79. The van der Waals surface area contributed by atoms with Crippen molar-refractivity contribution in [3.05, 3.63) is 82.6 Å². The van der Waals surface area contributed by atoms with Gasteiger partial charge < -0.3 is 10.1 Å². The maximum absolute atomic E-state index is 13.6. The van der Waals surface area contributed by atoms with Gasteiger partial charge in [0.2, 0.25) is 5.95 Å². The molecule has 0 saturated heterocycles. The van der Waals surface area contributed by atoms with Gasteiger partial charge >= 0.3 is 5.97 Å². The van der Waals surface area contributed by atoms with Crippen molar-refractivity contribution in [1.82, 2.24) is 20.2 Å². The molecule has 8 heteroatoms. The lowest BCUT2D eigenvalue weighted by Crippen LogP contribution is -2.33. The zero-order valence-electron chi connectivity index (χ0n) is 17.8. The standard InChI is InChI=1S/C23H23N5O3/c1-23(2,3)16-12-10-14(11-13-16)19-17(20(29)15-8-6-5-7-9-15)18(21(30)31-4)24-22-25-26-27-28(19)22/h5-13,19H,1-4H3,(H,24,25,27). The first-order chi connectivity index (χ1) is 14.8. The number of rotatable bonds is 4. The molecule has 31 heavy (non-hydrogen) atoms. The van der Waals surface area contributed by atoms with E-state index >= 15 is 0 Å². The molecule has 1 atom stereocenters. The number of esters is 1. The molecule has 0 amide bonds. The van der Waals surface area contributed by atoms with E-state index in [1.807, 2.05) is 30.3 Å². The number of nitrogens with zero attached hydrogens (tertiary/aromatic N) is 4. The Labute approximate surface area is 179 Å². The number of ketones is 1. The largest absolute Gasteiger partial charge is 0.464 e. The molecule has 4 rings (SSSR count). The summed E-state index contributed by atoms with van der Waals surface area (Å²) in [5.74, 6) is -0.709. The van der Waals surface area contributed by atoms with Gasteiger partial charge in [-0.1, -0.05) is 80.5 Å². The Morgan fingerprint density at radius 2 is 1.71 bits per heavy atom. The monoisotopic (exact) mass is 417 g/mol. The van der Waals surface area contributed by atoms with Crippen LogP contribution in [-0.2, 0) is 14.9 Å². The average Bonchev–Trinajstić information content (AvgIpc) is 3.25. The topological polar surface area (TPSA) is 99.0 Å². The molecule has 158 valence electrons. The molecule has 1 aliphatic rings. The molecule has 1 aliphatic heterocycles. The highest BCUT2D eigenvalue weighted by Crippen LogP contribution is 2.37. The van der Waals surface area contributed by atoms with Gasteiger partial charge in [-0.3, -0.25) is 4.79 Å². The van der Waals surface area contributed by atoms with Gasteiger partial charge in [-0.25, -0.2) is 4.79 Å². The van der Waals surface area contributed by atoms with Crippen LogP contribution in [0.15, 0.2) is 65.9 Å². The van der Waals surface area contributed by atoms with Crippen LogP contribution in [0, 0.1) is 0 Å². The number of benzene rings is 2. The number of hydrogen-bond donors (Lipinski definition) is 1. The number of carbonyl (C=O) groups excluding carboxylic acids is 2. The zero-order chi connectivity index (χ0) is 22.2. The quantitative estimate of drug-likeness (QED) is 0.514. The Balaban J connectivity index is 1.92. The molecule has 0 saturated carbocycles. The minimum Gasteiger partial charge on any atom is -0.464 e. The van der Waals surface area contributed by atoms with Gasteiger partial charge in [0, 0.05) is 5.56 Å². The number of carbonyl (C=O) groups is 2. The fourth-order valence-electron chi connectivity index (χ4n) is 3.61. The fourth-order valence-corrected chi connectivity index (χ4v) is 3.61. The number of methoxy groups -OCH3 is 1. The second-order valence-corrected chi connectivity index (χ2v) is 8.32. The van der Waals surface area contributed by atoms with Gasteiger partial charge in [-0.15, -0.1) is 0 Å². The van der Waals surface area contributed by atoms with E-state index in [9.17, 15) is 9.59 Å². The van der Waals surface area contributed by atoms with E-state index in [1.54, 1.807) is 24.3 Å². The van der Waals surface area contributed by atoms with Gasteiger partial charge in [0.25, 0.3) is 0 Å². The molecule has 3 aromatic rings. The Morgan fingerprint density at radius 1 is 1.03 bits per heavy atom. The Morgan fingerprint density at radius 3 is 2.32 bits per heavy atom. The summed E-state index contributed by atoms with van der Waals surface area (Å²) in [6, 6.07) is 16.0. The molecule has 0 radical (unpaired) electrons. The first kappa shape index (κ1) is 20.5. The summed E-state index contributed by atoms with van der Waals surface area (Å²) in [6.45, 7) is 6.39. The molecule has 2 heterocycles. The van der Waals surface area contributed by atoms with Crippen LogP contribution in [0.4, 0.5) is 5.95 Å². The molecule has 0 spiro atoms. The number of fused-ring (bicyclic) bond motifs is 1. The van der Waals surface area contributed by atoms with E-state index in [0.29, 0.717) is 5.56 Å². The predicted molar refractivity (Wildman–Crippen MR) is 115 cm³/mol. The van der Waals surface area contributed by atoms with Gasteiger partial charge in [0.05, 0.1) is 12.7 Å². The first-order valence-electron chi connectivity index (χ1n) is 9.89. The number of Topliss-reactive ketones (excluding diaryl/α,β-unsaturated/α-hetero) is 1. The molecule has 2 aromatic carbocycles. The van der Waals surface area contributed by atoms with Crippen molar-refractivity contribution >= 4 is 17.7 Å². The van der Waals surface area contributed by atoms with E-state index in [1.165, 1.54) is 11.8 Å². The highest BCUT2D eigenvalue weighted by molar-refractivity contribution is 6.14. The van der Waals surface area contributed by atoms with Crippen molar-refractivity contribution in [3.8, 4) is 0 Å². The lowest BCUT2D eigenvalue weighted by atomic mass is 9.84. The van der Waals surface area contributed by atoms with E-state index in [2.05, 4.69) is 41.6 Å². The van der Waals surface area contributed by atoms with Crippen molar-refractivity contribution in [2.24, 2.45) is 0 Å². The van der Waals surface area contributed by atoms with Crippen molar-refractivity contribution in [3.63, 3.8) is 0 Å². The summed E-state index contributed by atoms with van der Waals surface area (Å²) in [4.78, 5) is 26.2. The smallest absolute Gasteiger partial charge is 0.355 e. The van der Waals surface area contributed by atoms with Crippen LogP contribution >= 0.6 is 0 Å². The lowest BCUT2D eigenvalue weighted by molar-refractivity contribution is -0.136. The summed E-state index contributed by atoms with van der Waals surface area (Å²) < 4.78 is 6.46. The third-order valence-corrected chi connectivity index (χ3v) is 5.28. The SMILES string of the molecule is COC(=O)C1=C(C(=O)c2ccccc2)C(c2ccc(C(C)(C)C)cc2)n2nnnc2N1. The number of tetrazole rings is 1. The summed E-state index contributed by atoms with van der Waals surface area (Å²) in [5, 5.41) is 14.7. The third-order valence-electron chi connectivity index (χ3n) is 5.28. The van der Waals surface area contributed by atoms with Crippen LogP contribution in [0.1, 0.15) is 48.3 Å². The van der Waals surface area contributed by atoms with Crippen molar-refractivity contribution in [2.45, 2.75) is 32.2 Å². The highest BCUT2D eigenvalue weighted by Gasteiger charge is 2.38. The molecule has 0 aliphatic carbocycles. The number of ether oxygens (including phenoxy) is 1. The predicted octanol–water partition coefficient (Wildman–Crippen LogP) is 3.30. The van der Waals surface area contributed by atoms with Crippen LogP contribution in [0.25, 0.3) is 0 Å². The maximum Gasteiger partial charge on any atom is 0.355 e. The van der Waals surface area contributed by atoms with Crippen LogP contribution < -0.4 is 5.32 Å². The minimum absolute atomic E-state index is 0.0255. The molecular weight excluding hydrogens is 394 g/mol. The summed E-state index contributed by atoms with van der Waals surface area (Å²) in [5.41, 5.74) is 2.61. The van der Waals surface area contributed by atoms with Gasteiger partial charge in [-0.05, 0) is 27.0 Å². The Kier molecular flexibility index (Phi) is 5.14. The summed E-state index contributed by atoms with van der Waals surface area (Å²) in [7, 11) is 1.27. The molecule has 1 aromatic heterocycles. The fraction of sp³-hybridized carbons (Fsp3) is 0.261. The second-order valence-electron chi connectivity index (χ2n) is 8.32. The van der Waals surface area contributed by atoms with Crippen molar-refractivity contribution in [1.29, 1.82) is 0 Å².